The highest BCUT2D eigenvalue weighted by Crippen LogP contribution is 2.21. The summed E-state index contributed by atoms with van der Waals surface area (Å²) in [7, 11) is 1.38. The van der Waals surface area contributed by atoms with Gasteiger partial charge in [-0.25, -0.2) is 4.39 Å². The number of benzene rings is 1. The van der Waals surface area contributed by atoms with Crippen molar-refractivity contribution >= 4 is 11.7 Å². The molecule has 0 bridgehead atoms. The first-order valence-corrected chi connectivity index (χ1v) is 6.42. The molecule has 104 valence electrons. The van der Waals surface area contributed by atoms with Crippen molar-refractivity contribution in [2.45, 2.75) is 25.4 Å². The Morgan fingerprint density at radius 1 is 1.47 bits per heavy atom. The molecule has 0 saturated carbocycles. The van der Waals surface area contributed by atoms with E-state index < -0.39 is 0 Å². The maximum atomic E-state index is 13.8. The van der Waals surface area contributed by atoms with Crippen LogP contribution in [0.25, 0.3) is 0 Å². The minimum Gasteiger partial charge on any atom is -0.469 e. The van der Waals surface area contributed by atoms with E-state index in [1.54, 1.807) is 12.1 Å². The van der Waals surface area contributed by atoms with Crippen LogP contribution in [0.4, 0.5) is 10.1 Å². The van der Waals surface area contributed by atoms with Crippen LogP contribution in [0, 0.1) is 5.82 Å². The third kappa shape index (κ3) is 3.44. The Balaban J connectivity index is 2.10. The van der Waals surface area contributed by atoms with Gasteiger partial charge in [-0.15, -0.1) is 0 Å². The Labute approximate surface area is 112 Å². The van der Waals surface area contributed by atoms with E-state index in [0.717, 1.165) is 6.54 Å². The summed E-state index contributed by atoms with van der Waals surface area (Å²) in [5.41, 5.74) is 0.589. The van der Waals surface area contributed by atoms with Crippen LogP contribution in [0.15, 0.2) is 24.3 Å². The van der Waals surface area contributed by atoms with Gasteiger partial charge in [0, 0.05) is 25.2 Å². The maximum Gasteiger partial charge on any atom is 0.307 e. The zero-order valence-corrected chi connectivity index (χ0v) is 11.2. The number of carbonyl (C=O) groups is 1. The molecular weight excluding hydrogens is 247 g/mol. The monoisotopic (exact) mass is 266 g/mol. The van der Waals surface area contributed by atoms with Gasteiger partial charge in [-0.1, -0.05) is 12.1 Å². The summed E-state index contributed by atoms with van der Waals surface area (Å²) in [6, 6.07) is 6.90. The predicted molar refractivity (Wildman–Crippen MR) is 71.6 cm³/mol. The molecule has 19 heavy (non-hydrogen) atoms. The minimum atomic E-state index is -0.250. The van der Waals surface area contributed by atoms with Crippen LogP contribution in [0.3, 0.4) is 0 Å². The number of para-hydroxylation sites is 1. The molecule has 0 radical (unpaired) electrons. The molecule has 1 heterocycles. The summed E-state index contributed by atoms with van der Waals surface area (Å²) >= 11 is 0. The lowest BCUT2D eigenvalue weighted by atomic mass is 10.1. The fourth-order valence-corrected chi connectivity index (χ4v) is 2.49. The van der Waals surface area contributed by atoms with Gasteiger partial charge in [-0.2, -0.15) is 0 Å². The van der Waals surface area contributed by atoms with Gasteiger partial charge >= 0.3 is 5.97 Å². The van der Waals surface area contributed by atoms with Crippen LogP contribution >= 0.6 is 0 Å². The molecule has 2 rings (SSSR count). The Kier molecular flexibility index (Phi) is 4.37. The first kappa shape index (κ1) is 13.8. The van der Waals surface area contributed by atoms with E-state index in [0.29, 0.717) is 18.7 Å². The minimum absolute atomic E-state index is 0.0178. The van der Waals surface area contributed by atoms with Crippen molar-refractivity contribution < 1.29 is 13.9 Å². The van der Waals surface area contributed by atoms with Crippen molar-refractivity contribution in [1.29, 1.82) is 0 Å². The topological polar surface area (TPSA) is 41.6 Å². The number of nitrogens with one attached hydrogen (secondary N) is 1. The summed E-state index contributed by atoms with van der Waals surface area (Å²) in [6.07, 6.45) is 0.297. The third-order valence-corrected chi connectivity index (χ3v) is 3.29. The Bertz CT molecular complexity index is 453. The number of methoxy groups -OCH3 is 1. The Hall–Kier alpha value is -1.62. The average molecular weight is 266 g/mol. The molecule has 0 aliphatic carbocycles. The Morgan fingerprint density at radius 2 is 2.21 bits per heavy atom. The van der Waals surface area contributed by atoms with Crippen LogP contribution in [0.2, 0.25) is 0 Å². The number of ether oxygens (including phenoxy) is 1. The molecule has 2 atom stereocenters. The lowest BCUT2D eigenvalue weighted by Crippen LogP contribution is -2.56. The lowest BCUT2D eigenvalue weighted by Gasteiger charge is -2.38. The molecule has 0 spiro atoms. The zero-order valence-electron chi connectivity index (χ0n) is 11.2. The summed E-state index contributed by atoms with van der Waals surface area (Å²) in [5, 5.41) is 3.34. The zero-order chi connectivity index (χ0) is 13.8. The Morgan fingerprint density at radius 3 is 2.89 bits per heavy atom. The number of rotatable bonds is 3. The van der Waals surface area contributed by atoms with Gasteiger partial charge in [0.05, 0.1) is 19.2 Å². The van der Waals surface area contributed by atoms with Crippen LogP contribution < -0.4 is 10.2 Å². The molecule has 1 aliphatic rings. The molecule has 1 aliphatic heterocycles. The molecule has 1 fully saturated rings. The highest BCUT2D eigenvalue weighted by molar-refractivity contribution is 5.70. The van der Waals surface area contributed by atoms with Crippen molar-refractivity contribution in [2.75, 3.05) is 25.1 Å². The van der Waals surface area contributed by atoms with Gasteiger partial charge in [-0.3, -0.25) is 4.79 Å². The highest BCUT2D eigenvalue weighted by Gasteiger charge is 2.27. The molecular formula is C14H19FN2O2. The standard InChI is InChI=1S/C14H19FN2O2/c1-10-8-17(13-6-4-3-5-12(13)15)9-11(16-10)7-14(18)19-2/h3-6,10-11,16H,7-9H2,1-2H3. The molecule has 1 N–H and O–H groups in total. The second-order valence-electron chi connectivity index (χ2n) is 4.90. The molecule has 0 amide bonds. The van der Waals surface area contributed by atoms with E-state index >= 15 is 0 Å². The van der Waals surface area contributed by atoms with E-state index in [1.807, 2.05) is 17.9 Å². The second kappa shape index (κ2) is 6.02. The highest BCUT2D eigenvalue weighted by atomic mass is 19.1. The molecule has 2 unspecified atom stereocenters. The quantitative estimate of drug-likeness (QED) is 0.843. The van der Waals surface area contributed by atoms with E-state index in [-0.39, 0.29) is 23.9 Å². The number of hydrogen-bond acceptors (Lipinski definition) is 4. The van der Waals surface area contributed by atoms with E-state index in [9.17, 15) is 9.18 Å². The van der Waals surface area contributed by atoms with Gasteiger partial charge in [0.1, 0.15) is 5.82 Å². The van der Waals surface area contributed by atoms with Crippen molar-refractivity contribution in [3.05, 3.63) is 30.1 Å². The maximum absolute atomic E-state index is 13.8. The van der Waals surface area contributed by atoms with Gasteiger partial charge < -0.3 is 15.0 Å². The number of anilines is 1. The van der Waals surface area contributed by atoms with Crippen molar-refractivity contribution in [2.24, 2.45) is 0 Å². The number of carbonyl (C=O) groups excluding carboxylic acids is 1. The normalized spacial score (nSPS) is 23.2. The summed E-state index contributed by atoms with van der Waals surface area (Å²) in [6.45, 7) is 3.34. The molecule has 5 heteroatoms. The van der Waals surface area contributed by atoms with E-state index in [2.05, 4.69) is 10.1 Å². The molecule has 0 aromatic heterocycles. The molecule has 4 nitrogen and oxygen atoms in total. The smallest absolute Gasteiger partial charge is 0.307 e. The fourth-order valence-electron chi connectivity index (χ4n) is 2.49. The summed E-state index contributed by atoms with van der Waals surface area (Å²) in [5.74, 6) is -0.478. The predicted octanol–water partition coefficient (Wildman–Crippen LogP) is 1.56. The van der Waals surface area contributed by atoms with Crippen LogP contribution in [-0.2, 0) is 9.53 Å². The number of esters is 1. The number of hydrogen-bond donors (Lipinski definition) is 1. The molecule has 1 aromatic carbocycles. The number of piperazine rings is 1. The number of nitrogens with zero attached hydrogens (tertiary/aromatic N) is 1. The summed E-state index contributed by atoms with van der Waals surface area (Å²) in [4.78, 5) is 13.3. The molecule has 1 aromatic rings. The second-order valence-corrected chi connectivity index (χ2v) is 4.90. The van der Waals surface area contributed by atoms with E-state index in [4.69, 9.17) is 0 Å². The van der Waals surface area contributed by atoms with E-state index in [1.165, 1.54) is 13.2 Å². The SMILES string of the molecule is COC(=O)CC1CN(c2ccccc2F)CC(C)N1. The van der Waals surface area contributed by atoms with Crippen molar-refractivity contribution in [3.8, 4) is 0 Å². The number of halogens is 1. The molecule has 1 saturated heterocycles. The third-order valence-electron chi connectivity index (χ3n) is 3.29. The van der Waals surface area contributed by atoms with Crippen molar-refractivity contribution in [3.63, 3.8) is 0 Å². The van der Waals surface area contributed by atoms with Crippen LogP contribution in [0.5, 0.6) is 0 Å². The van der Waals surface area contributed by atoms with Gasteiger partial charge in [-0.05, 0) is 19.1 Å². The fraction of sp³-hybridized carbons (Fsp3) is 0.500. The van der Waals surface area contributed by atoms with Gasteiger partial charge in [0.2, 0.25) is 0 Å². The van der Waals surface area contributed by atoms with Crippen LogP contribution in [0.1, 0.15) is 13.3 Å². The van der Waals surface area contributed by atoms with Gasteiger partial charge in [0.25, 0.3) is 0 Å². The average Bonchev–Trinajstić information content (AvgIpc) is 2.38. The largest absolute Gasteiger partial charge is 0.469 e. The first-order chi connectivity index (χ1) is 9.10. The first-order valence-electron chi connectivity index (χ1n) is 6.42. The van der Waals surface area contributed by atoms with Crippen molar-refractivity contribution in [1.82, 2.24) is 5.32 Å². The van der Waals surface area contributed by atoms with Gasteiger partial charge in [0.15, 0.2) is 0 Å². The van der Waals surface area contributed by atoms with Crippen LogP contribution in [-0.4, -0.2) is 38.3 Å². The lowest BCUT2D eigenvalue weighted by molar-refractivity contribution is -0.141. The summed E-state index contributed by atoms with van der Waals surface area (Å²) < 4.78 is 18.5.